The molecule has 5 nitrogen and oxygen atoms in total. The molecule has 0 aliphatic rings. The summed E-state index contributed by atoms with van der Waals surface area (Å²) in [4.78, 5) is 29.4. The number of fused-ring (bicyclic) bond motifs is 1. The van der Waals surface area contributed by atoms with Crippen LogP contribution in [0.5, 0.6) is 0 Å². The zero-order chi connectivity index (χ0) is 21.2. The van der Waals surface area contributed by atoms with Crippen molar-refractivity contribution in [3.05, 3.63) is 106 Å². The fourth-order valence-electron chi connectivity index (χ4n) is 3.31. The number of aromatic nitrogens is 1. The lowest BCUT2D eigenvalue weighted by atomic mass is 10.0. The summed E-state index contributed by atoms with van der Waals surface area (Å²) in [5, 5.41) is 5.76. The highest BCUT2D eigenvalue weighted by Gasteiger charge is 2.14. The molecule has 3 aromatic carbocycles. The fourth-order valence-corrected chi connectivity index (χ4v) is 4.01. The molecule has 0 saturated heterocycles. The van der Waals surface area contributed by atoms with Crippen LogP contribution in [0.15, 0.2) is 99.5 Å². The monoisotopic (exact) mass is 424 g/mol. The molecule has 5 aromatic rings. The molecular formula is C25H16N2O3S. The summed E-state index contributed by atoms with van der Waals surface area (Å²) in [6.07, 6.45) is 0. The van der Waals surface area contributed by atoms with E-state index in [1.807, 2.05) is 60.7 Å². The van der Waals surface area contributed by atoms with Gasteiger partial charge in [-0.2, -0.15) is 0 Å². The number of anilines is 1. The van der Waals surface area contributed by atoms with Crippen LogP contribution in [0.3, 0.4) is 0 Å². The van der Waals surface area contributed by atoms with Gasteiger partial charge >= 0.3 is 5.63 Å². The second-order valence-electron chi connectivity index (χ2n) is 6.92. The van der Waals surface area contributed by atoms with Crippen LogP contribution in [-0.2, 0) is 0 Å². The van der Waals surface area contributed by atoms with E-state index in [9.17, 15) is 9.59 Å². The van der Waals surface area contributed by atoms with Gasteiger partial charge in [0.2, 0.25) is 0 Å². The smallest absolute Gasteiger partial charge is 0.345 e. The van der Waals surface area contributed by atoms with E-state index in [0.717, 1.165) is 16.5 Å². The summed E-state index contributed by atoms with van der Waals surface area (Å²) >= 11 is 1.26. The van der Waals surface area contributed by atoms with Crippen molar-refractivity contribution in [3.63, 3.8) is 0 Å². The molecule has 0 atom stereocenters. The van der Waals surface area contributed by atoms with Crippen LogP contribution in [0.2, 0.25) is 0 Å². The number of rotatable bonds is 4. The lowest BCUT2D eigenvalue weighted by Gasteiger charge is -2.04. The van der Waals surface area contributed by atoms with E-state index in [-0.39, 0.29) is 5.91 Å². The Kier molecular flexibility index (Phi) is 4.90. The highest BCUT2D eigenvalue weighted by molar-refractivity contribution is 7.14. The van der Waals surface area contributed by atoms with Crippen LogP contribution in [0.1, 0.15) is 10.4 Å². The van der Waals surface area contributed by atoms with Crippen molar-refractivity contribution in [1.29, 1.82) is 0 Å². The predicted molar refractivity (Wildman–Crippen MR) is 123 cm³/mol. The van der Waals surface area contributed by atoms with Gasteiger partial charge in [0.1, 0.15) is 5.58 Å². The second kappa shape index (κ2) is 8.01. The maximum atomic E-state index is 12.6. The highest BCUT2D eigenvalue weighted by Crippen LogP contribution is 2.26. The third-order valence-electron chi connectivity index (χ3n) is 4.90. The van der Waals surface area contributed by atoms with Crippen molar-refractivity contribution in [1.82, 2.24) is 4.98 Å². The maximum absolute atomic E-state index is 12.6. The summed E-state index contributed by atoms with van der Waals surface area (Å²) in [5.74, 6) is -0.258. The molecule has 0 unspecified atom stereocenters. The molecule has 0 fully saturated rings. The molecule has 6 heteroatoms. The largest absolute Gasteiger partial charge is 0.422 e. The third-order valence-corrected chi connectivity index (χ3v) is 5.65. The molecule has 31 heavy (non-hydrogen) atoms. The van der Waals surface area contributed by atoms with Gasteiger partial charge in [-0.05, 0) is 35.4 Å². The van der Waals surface area contributed by atoms with Crippen molar-refractivity contribution in [3.8, 4) is 22.4 Å². The molecule has 0 bridgehead atoms. The van der Waals surface area contributed by atoms with Crippen molar-refractivity contribution < 1.29 is 9.21 Å². The van der Waals surface area contributed by atoms with E-state index in [1.54, 1.807) is 29.6 Å². The van der Waals surface area contributed by atoms with Crippen molar-refractivity contribution >= 4 is 33.3 Å². The number of nitrogens with zero attached hydrogens (tertiary/aromatic N) is 1. The number of hydrogen-bond donors (Lipinski definition) is 1. The maximum Gasteiger partial charge on any atom is 0.345 e. The Hall–Kier alpha value is -4.03. The van der Waals surface area contributed by atoms with E-state index < -0.39 is 5.63 Å². The number of para-hydroxylation sites is 1. The minimum Gasteiger partial charge on any atom is -0.422 e. The van der Waals surface area contributed by atoms with Crippen LogP contribution in [0.4, 0.5) is 5.13 Å². The average molecular weight is 424 g/mol. The van der Waals surface area contributed by atoms with E-state index in [2.05, 4.69) is 10.3 Å². The minimum atomic E-state index is -0.460. The Morgan fingerprint density at radius 3 is 2.39 bits per heavy atom. The zero-order valence-corrected chi connectivity index (χ0v) is 17.1. The molecule has 1 N–H and O–H groups in total. The lowest BCUT2D eigenvalue weighted by Crippen LogP contribution is -2.11. The fraction of sp³-hybridized carbons (Fsp3) is 0. The zero-order valence-electron chi connectivity index (χ0n) is 16.2. The van der Waals surface area contributed by atoms with Crippen LogP contribution in [-0.4, -0.2) is 10.9 Å². The summed E-state index contributed by atoms with van der Waals surface area (Å²) in [6.45, 7) is 0. The SMILES string of the molecule is O=C(Nc1nc(-c2cc3ccccc3oc2=O)cs1)c1ccc(-c2ccccc2)cc1. The molecular weight excluding hydrogens is 408 g/mol. The van der Waals surface area contributed by atoms with Crippen LogP contribution in [0, 0.1) is 0 Å². The van der Waals surface area contributed by atoms with Crippen molar-refractivity contribution in [2.24, 2.45) is 0 Å². The molecule has 0 saturated carbocycles. The van der Waals surface area contributed by atoms with Gasteiger partial charge in [0.25, 0.3) is 5.91 Å². The number of hydrogen-bond acceptors (Lipinski definition) is 5. The summed E-state index contributed by atoms with van der Waals surface area (Å²) in [5.41, 5.74) is 3.56. The molecule has 2 heterocycles. The molecule has 150 valence electrons. The standard InChI is InChI=1S/C25H16N2O3S/c28-23(18-12-10-17(11-13-18)16-6-2-1-3-7-16)27-25-26-21(15-31-25)20-14-19-8-4-5-9-22(19)30-24(20)29/h1-15H,(H,26,27,28). The number of benzene rings is 3. The minimum absolute atomic E-state index is 0.258. The first kappa shape index (κ1) is 19.0. The van der Waals surface area contributed by atoms with E-state index in [4.69, 9.17) is 4.42 Å². The van der Waals surface area contributed by atoms with Gasteiger partial charge in [-0.1, -0.05) is 60.7 Å². The van der Waals surface area contributed by atoms with Crippen LogP contribution in [0.25, 0.3) is 33.4 Å². The van der Waals surface area contributed by atoms with Gasteiger partial charge in [-0.25, -0.2) is 9.78 Å². The summed E-state index contributed by atoms with van der Waals surface area (Å²) in [7, 11) is 0. The van der Waals surface area contributed by atoms with Gasteiger partial charge in [0.15, 0.2) is 5.13 Å². The van der Waals surface area contributed by atoms with Crippen molar-refractivity contribution in [2.45, 2.75) is 0 Å². The molecule has 5 rings (SSSR count). The first-order valence-electron chi connectivity index (χ1n) is 9.63. The van der Waals surface area contributed by atoms with Crippen LogP contribution < -0.4 is 10.9 Å². The Morgan fingerprint density at radius 1 is 0.871 bits per heavy atom. The number of thiazole rings is 1. The molecule has 0 aliphatic carbocycles. The summed E-state index contributed by atoms with van der Waals surface area (Å²) in [6, 6.07) is 26.4. The summed E-state index contributed by atoms with van der Waals surface area (Å²) < 4.78 is 5.38. The van der Waals surface area contributed by atoms with E-state index in [1.165, 1.54) is 11.3 Å². The molecule has 2 aromatic heterocycles. The first-order chi connectivity index (χ1) is 15.2. The third kappa shape index (κ3) is 3.89. The highest BCUT2D eigenvalue weighted by atomic mass is 32.1. The quantitative estimate of drug-likeness (QED) is 0.368. The van der Waals surface area contributed by atoms with E-state index >= 15 is 0 Å². The normalized spacial score (nSPS) is 10.8. The van der Waals surface area contributed by atoms with Gasteiger partial charge in [0, 0.05) is 16.3 Å². The van der Waals surface area contributed by atoms with Gasteiger partial charge < -0.3 is 4.42 Å². The van der Waals surface area contributed by atoms with Gasteiger partial charge in [-0.3, -0.25) is 10.1 Å². The number of carbonyl (C=O) groups is 1. The van der Waals surface area contributed by atoms with Gasteiger partial charge in [-0.15, -0.1) is 11.3 Å². The Bertz CT molecular complexity index is 1440. The predicted octanol–water partition coefficient (Wildman–Crippen LogP) is 5.84. The van der Waals surface area contributed by atoms with Gasteiger partial charge in [0.05, 0.1) is 11.3 Å². The average Bonchev–Trinajstić information content (AvgIpc) is 3.27. The lowest BCUT2D eigenvalue weighted by molar-refractivity contribution is 0.102. The molecule has 1 amide bonds. The Morgan fingerprint density at radius 2 is 1.58 bits per heavy atom. The topological polar surface area (TPSA) is 72.2 Å². The van der Waals surface area contributed by atoms with Crippen molar-refractivity contribution in [2.75, 3.05) is 5.32 Å². The second-order valence-corrected chi connectivity index (χ2v) is 7.78. The molecule has 0 aliphatic heterocycles. The van der Waals surface area contributed by atoms with E-state index in [0.29, 0.717) is 27.5 Å². The molecule has 0 spiro atoms. The Balaban J connectivity index is 1.35. The Labute approximate surface area is 181 Å². The number of carbonyl (C=O) groups excluding carboxylic acids is 1. The first-order valence-corrected chi connectivity index (χ1v) is 10.5. The number of amides is 1. The number of nitrogens with one attached hydrogen (secondary N) is 1. The molecule has 0 radical (unpaired) electrons. The van der Waals surface area contributed by atoms with Crippen LogP contribution >= 0.6 is 11.3 Å².